The van der Waals surface area contributed by atoms with Crippen LogP contribution in [0.4, 0.5) is 5.69 Å². The highest BCUT2D eigenvalue weighted by Gasteiger charge is 2.21. The monoisotopic (exact) mass is 312 g/mol. The lowest BCUT2D eigenvalue weighted by Crippen LogP contribution is -2.35. The van der Waals surface area contributed by atoms with Gasteiger partial charge >= 0.3 is 0 Å². The minimum atomic E-state index is 0.194. The first-order valence-electron chi connectivity index (χ1n) is 7.64. The summed E-state index contributed by atoms with van der Waals surface area (Å²) in [6, 6.07) is 16.6. The second-order valence-corrected chi connectivity index (χ2v) is 5.79. The van der Waals surface area contributed by atoms with E-state index in [1.807, 2.05) is 30.3 Å². The minimum Gasteiger partial charge on any atom is -0.493 e. The second kappa shape index (κ2) is 6.79. The smallest absolute Gasteiger partial charge is 0.171 e. The number of benzene rings is 2. The number of hydrogen-bond donors (Lipinski definition) is 2. The molecule has 114 valence electrons. The highest BCUT2D eigenvalue weighted by atomic mass is 32.1. The Kier molecular flexibility index (Phi) is 4.59. The van der Waals surface area contributed by atoms with Gasteiger partial charge in [0.05, 0.1) is 12.6 Å². The lowest BCUT2D eigenvalue weighted by molar-refractivity contribution is 0.262. The normalized spacial score (nSPS) is 16.3. The number of fused-ring (bicyclic) bond motifs is 1. The van der Waals surface area contributed by atoms with Gasteiger partial charge in [0.25, 0.3) is 0 Å². The number of aryl methyl sites for hydroxylation is 1. The molecule has 0 saturated heterocycles. The number of nitrogens with one attached hydrogen (secondary N) is 2. The molecular formula is C18H20N2OS. The SMILES string of the molecule is CCc1cccc(NC(=S)N[C@H]2CCOc3ccccc32)c1. The fourth-order valence-electron chi connectivity index (χ4n) is 2.69. The van der Waals surface area contributed by atoms with Crippen molar-refractivity contribution < 1.29 is 4.74 Å². The molecule has 2 aromatic rings. The average molecular weight is 312 g/mol. The standard InChI is InChI=1S/C18H20N2OS/c1-2-13-6-5-7-14(12-13)19-18(22)20-16-10-11-21-17-9-4-3-8-15(16)17/h3-9,12,16H,2,10-11H2,1H3,(H2,19,20,22)/t16-/m0/s1. The largest absolute Gasteiger partial charge is 0.493 e. The maximum atomic E-state index is 5.68. The van der Waals surface area contributed by atoms with Crippen molar-refractivity contribution in [2.75, 3.05) is 11.9 Å². The molecule has 0 saturated carbocycles. The van der Waals surface area contributed by atoms with E-state index in [2.05, 4.69) is 35.8 Å². The van der Waals surface area contributed by atoms with E-state index < -0.39 is 0 Å². The van der Waals surface area contributed by atoms with Crippen LogP contribution in [0, 0.1) is 0 Å². The molecule has 1 atom stereocenters. The molecule has 2 aromatic carbocycles. The third kappa shape index (κ3) is 3.39. The summed E-state index contributed by atoms with van der Waals surface area (Å²) in [5.74, 6) is 0.946. The predicted molar refractivity (Wildman–Crippen MR) is 94.5 cm³/mol. The van der Waals surface area contributed by atoms with Crippen molar-refractivity contribution in [2.24, 2.45) is 0 Å². The molecular weight excluding hydrogens is 292 g/mol. The van der Waals surface area contributed by atoms with Crippen LogP contribution in [0.5, 0.6) is 5.75 Å². The van der Waals surface area contributed by atoms with E-state index in [0.717, 1.165) is 24.3 Å². The van der Waals surface area contributed by atoms with Gasteiger partial charge in [-0.2, -0.15) is 0 Å². The van der Waals surface area contributed by atoms with E-state index in [9.17, 15) is 0 Å². The van der Waals surface area contributed by atoms with Gasteiger partial charge < -0.3 is 15.4 Å². The van der Waals surface area contributed by atoms with Gasteiger partial charge in [0.2, 0.25) is 0 Å². The Morgan fingerprint density at radius 2 is 2.09 bits per heavy atom. The van der Waals surface area contributed by atoms with Crippen molar-refractivity contribution in [1.29, 1.82) is 0 Å². The van der Waals surface area contributed by atoms with Gasteiger partial charge in [0.1, 0.15) is 5.75 Å². The van der Waals surface area contributed by atoms with Crippen molar-refractivity contribution >= 4 is 23.0 Å². The molecule has 3 nitrogen and oxygen atoms in total. The van der Waals surface area contributed by atoms with Crippen LogP contribution in [0.25, 0.3) is 0 Å². The summed E-state index contributed by atoms with van der Waals surface area (Å²) < 4.78 is 5.68. The molecule has 0 amide bonds. The maximum absolute atomic E-state index is 5.68. The Balaban J connectivity index is 1.67. The predicted octanol–water partition coefficient (Wildman–Crippen LogP) is 4.06. The summed E-state index contributed by atoms with van der Waals surface area (Å²) in [6.45, 7) is 2.86. The molecule has 0 bridgehead atoms. The third-order valence-corrected chi connectivity index (χ3v) is 4.08. The number of rotatable bonds is 3. The van der Waals surface area contributed by atoms with Gasteiger partial charge in [-0.3, -0.25) is 0 Å². The van der Waals surface area contributed by atoms with Gasteiger partial charge in [0, 0.05) is 17.7 Å². The quantitative estimate of drug-likeness (QED) is 0.838. The molecule has 0 aromatic heterocycles. The van der Waals surface area contributed by atoms with E-state index in [0.29, 0.717) is 11.7 Å². The van der Waals surface area contributed by atoms with Crippen LogP contribution in [0.15, 0.2) is 48.5 Å². The van der Waals surface area contributed by atoms with Crippen LogP contribution in [-0.2, 0) is 6.42 Å². The average Bonchev–Trinajstić information content (AvgIpc) is 2.55. The van der Waals surface area contributed by atoms with E-state index in [4.69, 9.17) is 17.0 Å². The van der Waals surface area contributed by atoms with Crippen LogP contribution in [-0.4, -0.2) is 11.7 Å². The maximum Gasteiger partial charge on any atom is 0.171 e. The minimum absolute atomic E-state index is 0.194. The summed E-state index contributed by atoms with van der Waals surface area (Å²) in [6.07, 6.45) is 1.93. The molecule has 0 aliphatic carbocycles. The number of thiocarbonyl (C=S) groups is 1. The molecule has 22 heavy (non-hydrogen) atoms. The number of anilines is 1. The Morgan fingerprint density at radius 1 is 1.23 bits per heavy atom. The first-order chi connectivity index (χ1) is 10.8. The lowest BCUT2D eigenvalue weighted by Gasteiger charge is -2.27. The molecule has 0 unspecified atom stereocenters. The molecule has 1 aliphatic heterocycles. The Labute approximate surface area is 136 Å². The van der Waals surface area contributed by atoms with E-state index in [-0.39, 0.29) is 6.04 Å². The van der Waals surface area contributed by atoms with Crippen LogP contribution >= 0.6 is 12.2 Å². The van der Waals surface area contributed by atoms with Gasteiger partial charge in [-0.25, -0.2) is 0 Å². The van der Waals surface area contributed by atoms with Gasteiger partial charge in [-0.05, 0) is 42.4 Å². The molecule has 0 spiro atoms. The Hall–Kier alpha value is -2.07. The first-order valence-corrected chi connectivity index (χ1v) is 8.05. The fraction of sp³-hybridized carbons (Fsp3) is 0.278. The molecule has 1 aliphatic rings. The third-order valence-electron chi connectivity index (χ3n) is 3.86. The number of hydrogen-bond acceptors (Lipinski definition) is 2. The summed E-state index contributed by atoms with van der Waals surface area (Å²) in [7, 11) is 0. The highest BCUT2D eigenvalue weighted by Crippen LogP contribution is 2.31. The summed E-state index contributed by atoms with van der Waals surface area (Å²) in [4.78, 5) is 0. The van der Waals surface area contributed by atoms with Crippen molar-refractivity contribution in [2.45, 2.75) is 25.8 Å². The second-order valence-electron chi connectivity index (χ2n) is 5.38. The fourth-order valence-corrected chi connectivity index (χ4v) is 2.95. The van der Waals surface area contributed by atoms with E-state index in [1.54, 1.807) is 0 Å². The number of ether oxygens (including phenoxy) is 1. The zero-order valence-corrected chi connectivity index (χ0v) is 13.5. The molecule has 1 heterocycles. The van der Waals surface area contributed by atoms with Crippen LogP contribution < -0.4 is 15.4 Å². The Bertz CT molecular complexity index is 672. The van der Waals surface area contributed by atoms with Gasteiger partial charge in [0.15, 0.2) is 5.11 Å². The van der Waals surface area contributed by atoms with Crippen molar-refractivity contribution in [1.82, 2.24) is 5.32 Å². The van der Waals surface area contributed by atoms with E-state index in [1.165, 1.54) is 11.1 Å². The highest BCUT2D eigenvalue weighted by molar-refractivity contribution is 7.80. The van der Waals surface area contributed by atoms with Crippen LogP contribution in [0.2, 0.25) is 0 Å². The lowest BCUT2D eigenvalue weighted by atomic mass is 10.0. The zero-order valence-electron chi connectivity index (χ0n) is 12.6. The molecule has 3 rings (SSSR count). The van der Waals surface area contributed by atoms with Gasteiger partial charge in [-0.1, -0.05) is 37.3 Å². The van der Waals surface area contributed by atoms with Crippen LogP contribution in [0.1, 0.15) is 30.5 Å². The van der Waals surface area contributed by atoms with Crippen LogP contribution in [0.3, 0.4) is 0 Å². The van der Waals surface area contributed by atoms with E-state index >= 15 is 0 Å². The summed E-state index contributed by atoms with van der Waals surface area (Å²) in [5.41, 5.74) is 3.49. The zero-order chi connectivity index (χ0) is 15.4. The summed E-state index contributed by atoms with van der Waals surface area (Å²) >= 11 is 5.46. The number of para-hydroxylation sites is 1. The summed E-state index contributed by atoms with van der Waals surface area (Å²) in [5, 5.41) is 7.32. The van der Waals surface area contributed by atoms with Crippen molar-refractivity contribution in [3.63, 3.8) is 0 Å². The Morgan fingerprint density at radius 3 is 2.95 bits per heavy atom. The van der Waals surface area contributed by atoms with Gasteiger partial charge in [-0.15, -0.1) is 0 Å². The topological polar surface area (TPSA) is 33.3 Å². The molecule has 0 fully saturated rings. The van der Waals surface area contributed by atoms with Crippen molar-refractivity contribution in [3.8, 4) is 5.75 Å². The molecule has 4 heteroatoms. The first kappa shape index (κ1) is 14.9. The van der Waals surface area contributed by atoms with Crippen molar-refractivity contribution in [3.05, 3.63) is 59.7 Å². The molecule has 2 N–H and O–H groups in total. The molecule has 0 radical (unpaired) electrons.